The monoisotopic (exact) mass is 430 g/mol. The molecule has 1 heterocycles. The lowest BCUT2D eigenvalue weighted by Gasteiger charge is -2.33. The maximum Gasteiger partial charge on any atom is 0.243 e. The Balaban J connectivity index is 1.53. The second-order valence-corrected chi connectivity index (χ2v) is 9.45. The Morgan fingerprint density at radius 2 is 1.67 bits per heavy atom. The highest BCUT2D eigenvalue weighted by Gasteiger charge is 2.34. The lowest BCUT2D eigenvalue weighted by Crippen LogP contribution is -2.45. The Morgan fingerprint density at radius 3 is 2.40 bits per heavy atom. The van der Waals surface area contributed by atoms with Crippen molar-refractivity contribution in [2.45, 2.75) is 43.0 Å². The summed E-state index contributed by atoms with van der Waals surface area (Å²) < 4.78 is 39.1. The summed E-state index contributed by atoms with van der Waals surface area (Å²) in [4.78, 5) is 13.0. The summed E-state index contributed by atoms with van der Waals surface area (Å²) in [6.07, 6.45) is 4.57. The van der Waals surface area contributed by atoms with Gasteiger partial charge in [-0.05, 0) is 37.1 Å². The van der Waals surface area contributed by atoms with E-state index in [0.29, 0.717) is 30.4 Å². The SMILES string of the molecule is O=C(CN(C1CCCCC1)S(=O)(=O)c1ccccc1)Nc1ccc2c(c1)OCCO2. The molecule has 160 valence electrons. The molecule has 1 fully saturated rings. The van der Waals surface area contributed by atoms with Gasteiger partial charge in [0, 0.05) is 17.8 Å². The molecule has 0 spiro atoms. The van der Waals surface area contributed by atoms with Crippen LogP contribution in [0.2, 0.25) is 0 Å². The van der Waals surface area contributed by atoms with Gasteiger partial charge in [-0.1, -0.05) is 37.5 Å². The predicted molar refractivity (Wildman–Crippen MR) is 113 cm³/mol. The zero-order chi connectivity index (χ0) is 21.0. The molecular formula is C22H26N2O5S. The Bertz CT molecular complexity index is 988. The first-order valence-electron chi connectivity index (χ1n) is 10.3. The van der Waals surface area contributed by atoms with Crippen LogP contribution < -0.4 is 14.8 Å². The van der Waals surface area contributed by atoms with Gasteiger partial charge in [0.1, 0.15) is 13.2 Å². The summed E-state index contributed by atoms with van der Waals surface area (Å²) >= 11 is 0. The van der Waals surface area contributed by atoms with E-state index in [9.17, 15) is 13.2 Å². The number of benzene rings is 2. The highest BCUT2D eigenvalue weighted by molar-refractivity contribution is 7.89. The van der Waals surface area contributed by atoms with Crippen LogP contribution in [0.4, 0.5) is 5.69 Å². The number of ether oxygens (including phenoxy) is 2. The average Bonchev–Trinajstić information content (AvgIpc) is 2.78. The van der Waals surface area contributed by atoms with E-state index in [2.05, 4.69) is 5.32 Å². The lowest BCUT2D eigenvalue weighted by molar-refractivity contribution is -0.116. The quantitative estimate of drug-likeness (QED) is 0.759. The summed E-state index contributed by atoms with van der Waals surface area (Å²) in [6.45, 7) is 0.720. The number of nitrogens with one attached hydrogen (secondary N) is 1. The van der Waals surface area contributed by atoms with Crippen LogP contribution in [0.15, 0.2) is 53.4 Å². The summed E-state index contributed by atoms with van der Waals surface area (Å²) in [7, 11) is -3.77. The van der Waals surface area contributed by atoms with Crippen molar-refractivity contribution < 1.29 is 22.7 Å². The summed E-state index contributed by atoms with van der Waals surface area (Å²) in [5, 5.41) is 2.80. The zero-order valence-corrected chi connectivity index (χ0v) is 17.6. The second kappa shape index (κ2) is 9.06. The van der Waals surface area contributed by atoms with Crippen molar-refractivity contribution >= 4 is 21.6 Å². The molecule has 4 rings (SSSR count). The number of carbonyl (C=O) groups excluding carboxylic acids is 1. The fourth-order valence-electron chi connectivity index (χ4n) is 3.97. The summed E-state index contributed by atoms with van der Waals surface area (Å²) in [5.41, 5.74) is 0.546. The molecule has 0 saturated heterocycles. The number of hydrogen-bond donors (Lipinski definition) is 1. The minimum Gasteiger partial charge on any atom is -0.486 e. The van der Waals surface area contributed by atoms with Gasteiger partial charge in [0.05, 0.1) is 11.4 Å². The maximum atomic E-state index is 13.3. The van der Waals surface area contributed by atoms with Gasteiger partial charge in [-0.2, -0.15) is 4.31 Å². The van der Waals surface area contributed by atoms with E-state index in [1.54, 1.807) is 48.5 Å². The molecule has 1 N–H and O–H groups in total. The van der Waals surface area contributed by atoms with Gasteiger partial charge >= 0.3 is 0 Å². The van der Waals surface area contributed by atoms with E-state index in [0.717, 1.165) is 32.1 Å². The maximum absolute atomic E-state index is 13.3. The topological polar surface area (TPSA) is 84.9 Å². The van der Waals surface area contributed by atoms with Crippen LogP contribution in [-0.2, 0) is 14.8 Å². The Hall–Kier alpha value is -2.58. The molecule has 0 radical (unpaired) electrons. The van der Waals surface area contributed by atoms with Crippen LogP contribution in [0.3, 0.4) is 0 Å². The third-order valence-corrected chi connectivity index (χ3v) is 7.37. The number of hydrogen-bond acceptors (Lipinski definition) is 5. The van der Waals surface area contributed by atoms with E-state index in [1.165, 1.54) is 4.31 Å². The first-order valence-corrected chi connectivity index (χ1v) is 11.7. The van der Waals surface area contributed by atoms with E-state index in [1.807, 2.05) is 0 Å². The number of carbonyl (C=O) groups is 1. The molecule has 30 heavy (non-hydrogen) atoms. The van der Waals surface area contributed by atoms with Crippen LogP contribution in [0.25, 0.3) is 0 Å². The fraction of sp³-hybridized carbons (Fsp3) is 0.409. The molecule has 0 bridgehead atoms. The van der Waals surface area contributed by atoms with Crippen LogP contribution in [0.5, 0.6) is 11.5 Å². The molecule has 8 heteroatoms. The smallest absolute Gasteiger partial charge is 0.243 e. The highest BCUT2D eigenvalue weighted by atomic mass is 32.2. The molecule has 7 nitrogen and oxygen atoms in total. The van der Waals surface area contributed by atoms with Crippen LogP contribution in [0, 0.1) is 0 Å². The number of sulfonamides is 1. The van der Waals surface area contributed by atoms with Gasteiger partial charge in [0.25, 0.3) is 0 Å². The van der Waals surface area contributed by atoms with E-state index < -0.39 is 10.0 Å². The fourth-order valence-corrected chi connectivity index (χ4v) is 5.63. The molecule has 1 saturated carbocycles. The molecule has 2 aliphatic rings. The van der Waals surface area contributed by atoms with E-state index in [4.69, 9.17) is 9.47 Å². The van der Waals surface area contributed by atoms with Crippen LogP contribution in [-0.4, -0.2) is 44.4 Å². The third kappa shape index (κ3) is 4.60. The van der Waals surface area contributed by atoms with Crippen molar-refractivity contribution in [3.63, 3.8) is 0 Å². The number of amides is 1. The molecule has 0 aromatic heterocycles. The van der Waals surface area contributed by atoms with Crippen molar-refractivity contribution in [3.8, 4) is 11.5 Å². The van der Waals surface area contributed by atoms with Crippen molar-refractivity contribution in [1.82, 2.24) is 4.31 Å². The van der Waals surface area contributed by atoms with E-state index in [-0.39, 0.29) is 23.4 Å². The summed E-state index contributed by atoms with van der Waals surface area (Å²) in [6, 6.07) is 13.3. The average molecular weight is 431 g/mol. The number of anilines is 1. The standard InChI is InChI=1S/C22H26N2O5S/c25-22(23-17-11-12-20-21(15-17)29-14-13-28-20)16-24(18-7-3-1-4-8-18)30(26,27)19-9-5-2-6-10-19/h2,5-6,9-12,15,18H,1,3-4,7-8,13-14,16H2,(H,23,25). The minimum absolute atomic E-state index is 0.171. The molecule has 2 aromatic rings. The number of rotatable bonds is 6. The molecule has 0 unspecified atom stereocenters. The molecule has 1 aliphatic heterocycles. The Kier molecular flexibility index (Phi) is 6.24. The second-order valence-electron chi connectivity index (χ2n) is 7.56. The van der Waals surface area contributed by atoms with Gasteiger partial charge < -0.3 is 14.8 Å². The van der Waals surface area contributed by atoms with Gasteiger partial charge in [0.2, 0.25) is 15.9 Å². The molecule has 1 amide bonds. The van der Waals surface area contributed by atoms with E-state index >= 15 is 0 Å². The zero-order valence-electron chi connectivity index (χ0n) is 16.7. The van der Waals surface area contributed by atoms with Crippen molar-refractivity contribution in [1.29, 1.82) is 0 Å². The first-order chi connectivity index (χ1) is 14.5. The van der Waals surface area contributed by atoms with Gasteiger partial charge in [-0.15, -0.1) is 0 Å². The normalized spacial score (nSPS) is 17.0. The molecule has 2 aromatic carbocycles. The highest BCUT2D eigenvalue weighted by Crippen LogP contribution is 2.33. The molecule has 1 aliphatic carbocycles. The number of fused-ring (bicyclic) bond motifs is 1. The Morgan fingerprint density at radius 1 is 0.967 bits per heavy atom. The van der Waals surface area contributed by atoms with Crippen molar-refractivity contribution in [2.24, 2.45) is 0 Å². The largest absolute Gasteiger partial charge is 0.486 e. The molecular weight excluding hydrogens is 404 g/mol. The Labute approximate surface area is 177 Å². The number of nitrogens with zero attached hydrogens (tertiary/aromatic N) is 1. The first kappa shape index (κ1) is 20.7. The summed E-state index contributed by atoms with van der Waals surface area (Å²) in [5.74, 6) is 0.826. The van der Waals surface area contributed by atoms with Crippen molar-refractivity contribution in [3.05, 3.63) is 48.5 Å². The third-order valence-electron chi connectivity index (χ3n) is 5.46. The van der Waals surface area contributed by atoms with Gasteiger partial charge in [0.15, 0.2) is 11.5 Å². The van der Waals surface area contributed by atoms with Crippen LogP contribution in [0.1, 0.15) is 32.1 Å². The van der Waals surface area contributed by atoms with Crippen LogP contribution >= 0.6 is 0 Å². The van der Waals surface area contributed by atoms with Crippen molar-refractivity contribution in [2.75, 3.05) is 25.1 Å². The predicted octanol–water partition coefficient (Wildman–Crippen LogP) is 3.42. The molecule has 0 atom stereocenters. The lowest BCUT2D eigenvalue weighted by atomic mass is 9.95. The van der Waals surface area contributed by atoms with Gasteiger partial charge in [-0.3, -0.25) is 4.79 Å². The minimum atomic E-state index is -3.77. The van der Waals surface area contributed by atoms with Gasteiger partial charge in [-0.25, -0.2) is 8.42 Å².